The number of nitrogens with one attached hydrogen (secondary N) is 2. The Morgan fingerprint density at radius 2 is 1.85 bits per heavy atom. The highest BCUT2D eigenvalue weighted by Gasteiger charge is 2.30. The van der Waals surface area contributed by atoms with Crippen molar-refractivity contribution in [1.29, 1.82) is 0 Å². The summed E-state index contributed by atoms with van der Waals surface area (Å²) < 4.78 is 0. The quantitative estimate of drug-likeness (QED) is 0.851. The van der Waals surface area contributed by atoms with Crippen LogP contribution in [0.5, 0.6) is 0 Å². The number of carbonyl (C=O) groups is 3. The Bertz CT molecular complexity index is 700. The van der Waals surface area contributed by atoms with E-state index in [4.69, 9.17) is 0 Å². The summed E-state index contributed by atoms with van der Waals surface area (Å²) in [5.41, 5.74) is 1.20. The first-order valence-electron chi connectivity index (χ1n) is 9.81. The van der Waals surface area contributed by atoms with E-state index in [1.165, 1.54) is 6.42 Å². The lowest BCUT2D eigenvalue weighted by Gasteiger charge is -2.27. The van der Waals surface area contributed by atoms with Crippen LogP contribution >= 0.6 is 0 Å². The molecule has 1 aromatic carbocycles. The van der Waals surface area contributed by atoms with Crippen molar-refractivity contribution in [2.75, 3.05) is 38.0 Å². The van der Waals surface area contributed by atoms with E-state index in [1.54, 1.807) is 29.2 Å². The molecule has 2 fully saturated rings. The third-order valence-electron chi connectivity index (χ3n) is 5.20. The van der Waals surface area contributed by atoms with Crippen molar-refractivity contribution in [3.63, 3.8) is 0 Å². The molecule has 2 heterocycles. The number of hydrogen-bond acceptors (Lipinski definition) is 3. The Kier molecular flexibility index (Phi) is 6.32. The van der Waals surface area contributed by atoms with Crippen LogP contribution < -0.4 is 10.6 Å². The van der Waals surface area contributed by atoms with Crippen LogP contribution in [0, 0.1) is 5.92 Å². The average Bonchev–Trinajstić information content (AvgIpc) is 3.19. The Morgan fingerprint density at radius 3 is 2.59 bits per heavy atom. The number of benzene rings is 1. The summed E-state index contributed by atoms with van der Waals surface area (Å²) in [6.45, 7) is 5.05. The Labute approximate surface area is 160 Å². The van der Waals surface area contributed by atoms with Crippen LogP contribution in [0.2, 0.25) is 0 Å². The number of anilines is 1. The van der Waals surface area contributed by atoms with Crippen molar-refractivity contribution >= 4 is 23.5 Å². The molecule has 0 aliphatic carbocycles. The number of likely N-dealkylation sites (tertiary alicyclic amines) is 2. The van der Waals surface area contributed by atoms with E-state index in [0.717, 1.165) is 25.9 Å². The van der Waals surface area contributed by atoms with Gasteiger partial charge in [-0.3, -0.25) is 9.59 Å². The molecule has 27 heavy (non-hydrogen) atoms. The van der Waals surface area contributed by atoms with Crippen molar-refractivity contribution in [3.8, 4) is 0 Å². The molecule has 1 atom stereocenters. The van der Waals surface area contributed by atoms with Crippen molar-refractivity contribution in [2.45, 2.75) is 32.6 Å². The molecule has 0 saturated carbocycles. The maximum absolute atomic E-state index is 12.6. The Hall–Kier alpha value is -2.57. The van der Waals surface area contributed by atoms with Gasteiger partial charge in [-0.15, -0.1) is 0 Å². The highest BCUT2D eigenvalue weighted by atomic mass is 16.2. The van der Waals surface area contributed by atoms with Gasteiger partial charge in [-0.1, -0.05) is 6.07 Å². The number of carbonyl (C=O) groups excluding carboxylic acids is 3. The SMILES string of the molecule is CCNC(=O)[C@H]1CCN(C(=O)Nc2cccc(C(=O)N3CCCCC3)c2)C1. The average molecular weight is 372 g/mol. The molecule has 2 aliphatic rings. The molecule has 7 heteroatoms. The predicted octanol–water partition coefficient (Wildman–Crippen LogP) is 2.30. The first kappa shape index (κ1) is 19.2. The van der Waals surface area contributed by atoms with E-state index in [-0.39, 0.29) is 23.8 Å². The van der Waals surface area contributed by atoms with Crippen LogP contribution in [0.3, 0.4) is 0 Å². The monoisotopic (exact) mass is 372 g/mol. The van der Waals surface area contributed by atoms with E-state index in [1.807, 2.05) is 11.8 Å². The van der Waals surface area contributed by atoms with Gasteiger partial charge in [-0.05, 0) is 50.8 Å². The summed E-state index contributed by atoms with van der Waals surface area (Å²) in [6.07, 6.45) is 3.94. The molecular weight excluding hydrogens is 344 g/mol. The molecule has 2 saturated heterocycles. The van der Waals surface area contributed by atoms with E-state index in [2.05, 4.69) is 10.6 Å². The standard InChI is InChI=1S/C20H28N4O3/c1-2-21-18(25)16-9-12-24(14-16)20(27)22-17-8-6-7-15(13-17)19(26)23-10-4-3-5-11-23/h6-8,13,16H,2-5,9-12,14H2,1H3,(H,21,25)(H,22,27)/t16-/m0/s1. The third kappa shape index (κ3) is 4.78. The molecule has 3 rings (SSSR count). The number of nitrogens with zero attached hydrogens (tertiary/aromatic N) is 2. The minimum Gasteiger partial charge on any atom is -0.356 e. The van der Waals surface area contributed by atoms with Crippen LogP contribution in [0.15, 0.2) is 24.3 Å². The minimum atomic E-state index is -0.232. The molecular formula is C20H28N4O3. The number of hydrogen-bond donors (Lipinski definition) is 2. The molecule has 2 N–H and O–H groups in total. The van der Waals surface area contributed by atoms with E-state index in [9.17, 15) is 14.4 Å². The molecule has 4 amide bonds. The molecule has 0 unspecified atom stereocenters. The van der Waals surface area contributed by atoms with Crippen LogP contribution in [0.1, 0.15) is 43.0 Å². The molecule has 0 spiro atoms. The normalized spacial score (nSPS) is 19.7. The molecule has 1 aromatic rings. The van der Waals surface area contributed by atoms with Crippen LogP contribution in [0.25, 0.3) is 0 Å². The van der Waals surface area contributed by atoms with Gasteiger partial charge >= 0.3 is 6.03 Å². The molecule has 0 bridgehead atoms. The lowest BCUT2D eigenvalue weighted by atomic mass is 10.1. The fourth-order valence-corrected chi connectivity index (χ4v) is 3.69. The van der Waals surface area contributed by atoms with Gasteiger partial charge in [-0.25, -0.2) is 4.79 Å². The second kappa shape index (κ2) is 8.88. The first-order valence-corrected chi connectivity index (χ1v) is 9.81. The third-order valence-corrected chi connectivity index (χ3v) is 5.20. The maximum atomic E-state index is 12.6. The second-order valence-electron chi connectivity index (χ2n) is 7.19. The lowest BCUT2D eigenvalue weighted by Crippen LogP contribution is -2.36. The summed E-state index contributed by atoms with van der Waals surface area (Å²) in [4.78, 5) is 40.6. The van der Waals surface area contributed by atoms with Gasteiger partial charge in [0.25, 0.3) is 5.91 Å². The zero-order valence-electron chi connectivity index (χ0n) is 15.9. The molecule has 2 aliphatic heterocycles. The highest BCUT2D eigenvalue weighted by molar-refractivity contribution is 5.97. The molecule has 7 nitrogen and oxygen atoms in total. The van der Waals surface area contributed by atoms with Gasteiger partial charge in [0.1, 0.15) is 0 Å². The topological polar surface area (TPSA) is 81.8 Å². The maximum Gasteiger partial charge on any atom is 0.321 e. The predicted molar refractivity (Wildman–Crippen MR) is 104 cm³/mol. The molecule has 146 valence electrons. The lowest BCUT2D eigenvalue weighted by molar-refractivity contribution is -0.124. The van der Waals surface area contributed by atoms with Gasteiger partial charge in [0.15, 0.2) is 0 Å². The summed E-state index contributed by atoms with van der Waals surface area (Å²) >= 11 is 0. The number of rotatable bonds is 4. The van der Waals surface area contributed by atoms with Gasteiger partial charge in [0.05, 0.1) is 5.92 Å². The largest absolute Gasteiger partial charge is 0.356 e. The van der Waals surface area contributed by atoms with Crippen LogP contribution in [0.4, 0.5) is 10.5 Å². The van der Waals surface area contributed by atoms with Gasteiger partial charge in [0.2, 0.25) is 5.91 Å². The zero-order valence-corrected chi connectivity index (χ0v) is 15.9. The summed E-state index contributed by atoms with van der Waals surface area (Å²) in [7, 11) is 0. The van der Waals surface area contributed by atoms with Gasteiger partial charge in [0, 0.05) is 44.0 Å². The highest BCUT2D eigenvalue weighted by Crippen LogP contribution is 2.20. The fourth-order valence-electron chi connectivity index (χ4n) is 3.69. The Balaban J connectivity index is 1.58. The van der Waals surface area contributed by atoms with Crippen molar-refractivity contribution in [3.05, 3.63) is 29.8 Å². The van der Waals surface area contributed by atoms with Crippen molar-refractivity contribution in [2.24, 2.45) is 5.92 Å². The van der Waals surface area contributed by atoms with Crippen molar-refractivity contribution in [1.82, 2.24) is 15.1 Å². The van der Waals surface area contributed by atoms with Crippen LogP contribution in [-0.2, 0) is 4.79 Å². The summed E-state index contributed by atoms with van der Waals surface area (Å²) in [6, 6.07) is 6.85. The first-order chi connectivity index (χ1) is 13.1. The minimum absolute atomic E-state index is 0.00178. The van der Waals surface area contributed by atoms with Gasteiger partial charge < -0.3 is 20.4 Å². The smallest absolute Gasteiger partial charge is 0.321 e. The number of piperidine rings is 1. The fraction of sp³-hybridized carbons (Fsp3) is 0.550. The van der Waals surface area contributed by atoms with E-state index in [0.29, 0.717) is 37.3 Å². The van der Waals surface area contributed by atoms with Crippen LogP contribution in [-0.4, -0.2) is 60.4 Å². The second-order valence-corrected chi connectivity index (χ2v) is 7.19. The molecule has 0 radical (unpaired) electrons. The van der Waals surface area contributed by atoms with Gasteiger partial charge in [-0.2, -0.15) is 0 Å². The molecule has 0 aromatic heterocycles. The zero-order chi connectivity index (χ0) is 19.2. The summed E-state index contributed by atoms with van der Waals surface area (Å²) in [5, 5.41) is 5.67. The van der Waals surface area contributed by atoms with E-state index >= 15 is 0 Å². The van der Waals surface area contributed by atoms with E-state index < -0.39 is 0 Å². The number of amides is 4. The Morgan fingerprint density at radius 1 is 1.07 bits per heavy atom. The van der Waals surface area contributed by atoms with Crippen molar-refractivity contribution < 1.29 is 14.4 Å². The number of urea groups is 1. The summed E-state index contributed by atoms with van der Waals surface area (Å²) in [5.74, 6) is -0.132.